The van der Waals surface area contributed by atoms with Crippen molar-refractivity contribution in [3.05, 3.63) is 48.0 Å². The second-order valence-electron chi connectivity index (χ2n) is 7.39. The van der Waals surface area contributed by atoms with Crippen LogP contribution in [-0.4, -0.2) is 5.54 Å². The zero-order valence-corrected chi connectivity index (χ0v) is 15.8. The number of nitrogens with one attached hydrogen (secondary N) is 1. The first kappa shape index (κ1) is 20.9. The molecule has 0 bridgehead atoms. The second-order valence-corrected chi connectivity index (χ2v) is 7.39. The number of hydrogen-bond acceptors (Lipinski definition) is 1. The molecule has 126 valence electrons. The minimum absolute atomic E-state index is 0.180. The first-order valence-corrected chi connectivity index (χ1v) is 8.67. The van der Waals surface area contributed by atoms with E-state index in [9.17, 15) is 0 Å². The third-order valence-corrected chi connectivity index (χ3v) is 3.61. The molecule has 0 saturated carbocycles. The van der Waals surface area contributed by atoms with Crippen molar-refractivity contribution in [2.45, 2.75) is 79.3 Å². The van der Waals surface area contributed by atoms with Gasteiger partial charge in [0.05, 0.1) is 0 Å². The van der Waals surface area contributed by atoms with Crippen molar-refractivity contribution in [1.82, 2.24) is 5.32 Å². The highest BCUT2D eigenvalue weighted by molar-refractivity contribution is 5.32. The summed E-state index contributed by atoms with van der Waals surface area (Å²) in [6.07, 6.45) is 4.90. The molecular formula is C21H37N. The Hall–Kier alpha value is -1.08. The summed E-state index contributed by atoms with van der Waals surface area (Å²) in [6.45, 7) is 20.5. The minimum Gasteiger partial charge on any atom is -0.308 e. The van der Waals surface area contributed by atoms with Crippen LogP contribution in [0.2, 0.25) is 0 Å². The van der Waals surface area contributed by atoms with E-state index in [1.54, 1.807) is 0 Å². The van der Waals surface area contributed by atoms with E-state index in [0.29, 0.717) is 0 Å². The highest BCUT2D eigenvalue weighted by Crippen LogP contribution is 2.18. The Morgan fingerprint density at radius 3 is 2.18 bits per heavy atom. The Balaban J connectivity index is 0.00000211. The van der Waals surface area contributed by atoms with Gasteiger partial charge in [-0.05, 0) is 62.6 Å². The van der Waals surface area contributed by atoms with Crippen molar-refractivity contribution in [2.75, 3.05) is 0 Å². The lowest BCUT2D eigenvalue weighted by molar-refractivity contribution is 0.423. The molecule has 1 rings (SSSR count). The smallest absolute Gasteiger partial charge is 0.0213 e. The van der Waals surface area contributed by atoms with E-state index in [1.165, 1.54) is 42.4 Å². The normalized spacial score (nSPS) is 11.2. The molecule has 1 aromatic rings. The van der Waals surface area contributed by atoms with Crippen LogP contribution >= 0.6 is 0 Å². The van der Waals surface area contributed by atoms with E-state index < -0.39 is 0 Å². The highest BCUT2D eigenvalue weighted by atomic mass is 14.9. The van der Waals surface area contributed by atoms with E-state index in [-0.39, 0.29) is 5.54 Å². The van der Waals surface area contributed by atoms with Crippen LogP contribution in [0.5, 0.6) is 0 Å². The molecule has 0 aliphatic carbocycles. The lowest BCUT2D eigenvalue weighted by atomic mass is 9.95. The van der Waals surface area contributed by atoms with E-state index in [2.05, 4.69) is 78.2 Å². The Kier molecular flexibility index (Phi) is 10.1. The third-order valence-electron chi connectivity index (χ3n) is 3.61. The molecule has 0 atom stereocenters. The Morgan fingerprint density at radius 1 is 1.05 bits per heavy atom. The van der Waals surface area contributed by atoms with Crippen molar-refractivity contribution in [3.63, 3.8) is 0 Å². The van der Waals surface area contributed by atoms with E-state index >= 15 is 0 Å². The fraction of sp³-hybridized carbons (Fsp3) is 0.619. The predicted molar refractivity (Wildman–Crippen MR) is 101 cm³/mol. The van der Waals surface area contributed by atoms with Crippen LogP contribution in [0.3, 0.4) is 0 Å². The van der Waals surface area contributed by atoms with Crippen molar-refractivity contribution >= 4 is 0 Å². The molecule has 0 spiro atoms. The van der Waals surface area contributed by atoms with Crippen molar-refractivity contribution in [1.29, 1.82) is 0 Å². The van der Waals surface area contributed by atoms with Gasteiger partial charge in [-0.1, -0.05) is 45.4 Å². The average Bonchev–Trinajstić information content (AvgIpc) is 2.45. The topological polar surface area (TPSA) is 12.0 Å². The minimum atomic E-state index is 0.180. The second kappa shape index (κ2) is 10.6. The first-order chi connectivity index (χ1) is 10.3. The number of rotatable bonds is 7. The van der Waals surface area contributed by atoms with E-state index in [4.69, 9.17) is 0 Å². The van der Waals surface area contributed by atoms with Crippen LogP contribution in [0.4, 0.5) is 0 Å². The van der Waals surface area contributed by atoms with Crippen molar-refractivity contribution < 1.29 is 0 Å². The fourth-order valence-electron chi connectivity index (χ4n) is 2.33. The van der Waals surface area contributed by atoms with Gasteiger partial charge < -0.3 is 5.32 Å². The van der Waals surface area contributed by atoms with Gasteiger partial charge in [0, 0.05) is 12.1 Å². The maximum Gasteiger partial charge on any atom is 0.0213 e. The molecule has 1 aromatic carbocycles. The van der Waals surface area contributed by atoms with Crippen molar-refractivity contribution in [3.8, 4) is 0 Å². The molecular weight excluding hydrogens is 266 g/mol. The molecule has 0 unspecified atom stereocenters. The fourth-order valence-corrected chi connectivity index (χ4v) is 2.33. The van der Waals surface area contributed by atoms with Crippen molar-refractivity contribution in [2.24, 2.45) is 5.92 Å². The van der Waals surface area contributed by atoms with Gasteiger partial charge in [0.25, 0.3) is 0 Å². The van der Waals surface area contributed by atoms with E-state index in [0.717, 1.165) is 12.5 Å². The Morgan fingerprint density at radius 2 is 1.68 bits per heavy atom. The van der Waals surface area contributed by atoms with Gasteiger partial charge in [0.15, 0.2) is 0 Å². The first-order valence-electron chi connectivity index (χ1n) is 8.67. The Labute approximate surface area is 139 Å². The summed E-state index contributed by atoms with van der Waals surface area (Å²) in [5.74, 6) is 0.784. The molecule has 1 nitrogen and oxygen atoms in total. The molecule has 0 radical (unpaired) electrons. The summed E-state index contributed by atoms with van der Waals surface area (Å²) in [5, 5.41) is 3.61. The monoisotopic (exact) mass is 303 g/mol. The summed E-state index contributed by atoms with van der Waals surface area (Å²) < 4.78 is 0. The number of benzene rings is 1. The van der Waals surface area contributed by atoms with Crippen LogP contribution in [-0.2, 0) is 19.4 Å². The van der Waals surface area contributed by atoms with Crippen LogP contribution < -0.4 is 5.32 Å². The largest absolute Gasteiger partial charge is 0.308 e. The standard InChI is InChI=1S/C19H33N.C2H4/c1-7-8-17-13-16(10-9-15(2)3)11-12-18(17)14-20-19(4,5)6;1-2/h11-13,15,20H,7-10,14H2,1-6H3;1-2H2. The zero-order chi connectivity index (χ0) is 17.2. The molecule has 0 aromatic heterocycles. The highest BCUT2D eigenvalue weighted by Gasteiger charge is 2.10. The molecule has 0 aliphatic heterocycles. The molecule has 0 fully saturated rings. The summed E-state index contributed by atoms with van der Waals surface area (Å²) >= 11 is 0. The molecule has 0 saturated heterocycles. The lowest BCUT2D eigenvalue weighted by Crippen LogP contribution is -2.35. The summed E-state index contributed by atoms with van der Waals surface area (Å²) in [5.41, 5.74) is 4.68. The molecule has 1 heteroatoms. The maximum atomic E-state index is 3.61. The number of hydrogen-bond donors (Lipinski definition) is 1. The van der Waals surface area contributed by atoms with Gasteiger partial charge in [-0.2, -0.15) is 0 Å². The molecule has 22 heavy (non-hydrogen) atoms. The van der Waals surface area contributed by atoms with Crippen LogP contribution in [0.1, 0.15) is 71.1 Å². The third kappa shape index (κ3) is 9.04. The predicted octanol–water partition coefficient (Wildman–Crippen LogP) is 5.92. The lowest BCUT2D eigenvalue weighted by Gasteiger charge is -2.22. The molecule has 0 heterocycles. The molecule has 0 amide bonds. The van der Waals surface area contributed by atoms with Crippen LogP contribution in [0.15, 0.2) is 31.4 Å². The van der Waals surface area contributed by atoms with Crippen LogP contribution in [0, 0.1) is 5.92 Å². The quantitative estimate of drug-likeness (QED) is 0.617. The molecule has 0 aliphatic rings. The van der Waals surface area contributed by atoms with Gasteiger partial charge in [-0.25, -0.2) is 0 Å². The van der Waals surface area contributed by atoms with Crippen LogP contribution in [0.25, 0.3) is 0 Å². The zero-order valence-electron chi connectivity index (χ0n) is 15.8. The maximum absolute atomic E-state index is 3.61. The van der Waals surface area contributed by atoms with E-state index in [1.807, 2.05) is 0 Å². The van der Waals surface area contributed by atoms with Gasteiger partial charge in [0.2, 0.25) is 0 Å². The van der Waals surface area contributed by atoms with Gasteiger partial charge >= 0.3 is 0 Å². The SMILES string of the molecule is C=C.CCCc1cc(CCC(C)C)ccc1CNC(C)(C)C. The van der Waals surface area contributed by atoms with Gasteiger partial charge in [0.1, 0.15) is 0 Å². The average molecular weight is 304 g/mol. The Bertz CT molecular complexity index is 412. The van der Waals surface area contributed by atoms with Gasteiger partial charge in [-0.15, -0.1) is 13.2 Å². The summed E-state index contributed by atoms with van der Waals surface area (Å²) in [6, 6.07) is 7.09. The van der Waals surface area contributed by atoms with Gasteiger partial charge in [-0.3, -0.25) is 0 Å². The molecule has 1 N–H and O–H groups in total. The summed E-state index contributed by atoms with van der Waals surface area (Å²) in [4.78, 5) is 0. The summed E-state index contributed by atoms with van der Waals surface area (Å²) in [7, 11) is 0. The number of aryl methyl sites for hydroxylation is 2.